The Balaban J connectivity index is 1.45. The van der Waals surface area contributed by atoms with Crippen LogP contribution < -0.4 is 4.90 Å². The first-order valence-corrected chi connectivity index (χ1v) is 10.2. The quantitative estimate of drug-likeness (QED) is 0.677. The first-order chi connectivity index (χ1) is 14.3. The highest BCUT2D eigenvalue weighted by atomic mass is 16.5. The van der Waals surface area contributed by atoms with E-state index in [1.165, 1.54) is 6.33 Å². The number of anilines is 1. The van der Waals surface area contributed by atoms with E-state index >= 15 is 0 Å². The van der Waals surface area contributed by atoms with Crippen LogP contribution in [0.2, 0.25) is 0 Å². The molecule has 0 N–H and O–H groups in total. The van der Waals surface area contributed by atoms with Gasteiger partial charge in [0.15, 0.2) is 0 Å². The molecular formula is C21H24N6O2. The van der Waals surface area contributed by atoms with E-state index in [-0.39, 0.29) is 11.8 Å². The highest BCUT2D eigenvalue weighted by Crippen LogP contribution is 2.28. The smallest absolute Gasteiger partial charge is 0.254 e. The van der Waals surface area contributed by atoms with E-state index in [0.29, 0.717) is 38.6 Å². The molecular weight excluding hydrogens is 368 g/mol. The molecule has 0 spiro atoms. The van der Waals surface area contributed by atoms with Crippen LogP contribution in [-0.4, -0.2) is 69.8 Å². The van der Waals surface area contributed by atoms with Gasteiger partial charge in [-0.2, -0.15) is 14.6 Å². The number of amides is 1. The Morgan fingerprint density at radius 1 is 1.10 bits per heavy atom. The zero-order valence-corrected chi connectivity index (χ0v) is 16.3. The summed E-state index contributed by atoms with van der Waals surface area (Å²) < 4.78 is 7.16. The fourth-order valence-electron chi connectivity index (χ4n) is 4.21. The zero-order chi connectivity index (χ0) is 19.6. The van der Waals surface area contributed by atoms with Gasteiger partial charge in [-0.05, 0) is 12.8 Å². The maximum atomic E-state index is 13.0. The number of ether oxygens (including phenoxy) is 1. The molecule has 3 aromatic rings. The number of benzene rings is 1. The molecule has 1 amide bonds. The molecule has 8 heteroatoms. The topological polar surface area (TPSA) is 75.9 Å². The Morgan fingerprint density at radius 3 is 2.76 bits per heavy atom. The first kappa shape index (κ1) is 18.1. The van der Waals surface area contributed by atoms with Crippen LogP contribution in [-0.2, 0) is 9.53 Å². The van der Waals surface area contributed by atoms with Gasteiger partial charge in [0.05, 0.1) is 24.8 Å². The number of carbonyl (C=O) groups is 1. The van der Waals surface area contributed by atoms with E-state index in [0.717, 1.165) is 36.5 Å². The molecule has 0 aliphatic carbocycles. The Hall–Kier alpha value is -3.00. The van der Waals surface area contributed by atoms with Crippen LogP contribution in [0.25, 0.3) is 17.0 Å². The van der Waals surface area contributed by atoms with Crippen LogP contribution in [0.15, 0.2) is 42.7 Å². The van der Waals surface area contributed by atoms with E-state index in [2.05, 4.69) is 26.0 Å². The summed E-state index contributed by atoms with van der Waals surface area (Å²) in [6.07, 6.45) is 3.42. The molecule has 2 aliphatic rings. The molecule has 2 aliphatic heterocycles. The highest BCUT2D eigenvalue weighted by Gasteiger charge is 2.31. The second-order valence-corrected chi connectivity index (χ2v) is 7.56. The van der Waals surface area contributed by atoms with E-state index in [4.69, 9.17) is 4.74 Å². The van der Waals surface area contributed by atoms with Crippen molar-refractivity contribution in [3.63, 3.8) is 0 Å². The number of hydrogen-bond donors (Lipinski definition) is 0. The number of carbonyl (C=O) groups excluding carboxylic acids is 1. The third kappa shape index (κ3) is 3.55. The number of aromatic nitrogens is 4. The molecule has 2 aromatic heterocycles. The van der Waals surface area contributed by atoms with Gasteiger partial charge in [0.25, 0.3) is 5.78 Å². The molecule has 2 fully saturated rings. The van der Waals surface area contributed by atoms with Crippen molar-refractivity contribution in [1.82, 2.24) is 24.5 Å². The largest absolute Gasteiger partial charge is 0.378 e. The summed E-state index contributed by atoms with van der Waals surface area (Å²) in [7, 11) is 0. The monoisotopic (exact) mass is 392 g/mol. The van der Waals surface area contributed by atoms with Crippen LogP contribution in [0.5, 0.6) is 0 Å². The number of rotatable bonds is 3. The molecule has 29 heavy (non-hydrogen) atoms. The minimum Gasteiger partial charge on any atom is -0.378 e. The zero-order valence-electron chi connectivity index (χ0n) is 16.3. The predicted octanol–water partition coefficient (Wildman–Crippen LogP) is 1.87. The van der Waals surface area contributed by atoms with Crippen molar-refractivity contribution in [1.29, 1.82) is 0 Å². The lowest BCUT2D eigenvalue weighted by atomic mass is 9.96. The van der Waals surface area contributed by atoms with Crippen LogP contribution in [0.1, 0.15) is 12.8 Å². The van der Waals surface area contributed by atoms with E-state index in [1.807, 2.05) is 35.2 Å². The fourth-order valence-corrected chi connectivity index (χ4v) is 4.21. The van der Waals surface area contributed by atoms with Crippen molar-refractivity contribution in [3.05, 3.63) is 42.7 Å². The fraction of sp³-hybridized carbons (Fsp3) is 0.429. The summed E-state index contributed by atoms with van der Waals surface area (Å²) >= 11 is 0. The number of hydrogen-bond acceptors (Lipinski definition) is 6. The summed E-state index contributed by atoms with van der Waals surface area (Å²) in [6, 6.07) is 12.1. The molecule has 1 atom stereocenters. The van der Waals surface area contributed by atoms with Gasteiger partial charge >= 0.3 is 0 Å². The Kier molecular flexibility index (Phi) is 4.85. The van der Waals surface area contributed by atoms with Gasteiger partial charge in [0.2, 0.25) is 5.91 Å². The Bertz CT molecular complexity index is 999. The second kappa shape index (κ2) is 7.79. The van der Waals surface area contributed by atoms with E-state index < -0.39 is 0 Å². The van der Waals surface area contributed by atoms with Crippen molar-refractivity contribution in [3.8, 4) is 11.3 Å². The average Bonchev–Trinajstić information content (AvgIpc) is 3.28. The molecule has 150 valence electrons. The molecule has 0 radical (unpaired) electrons. The second-order valence-electron chi connectivity index (χ2n) is 7.56. The van der Waals surface area contributed by atoms with Gasteiger partial charge in [-0.1, -0.05) is 30.3 Å². The van der Waals surface area contributed by atoms with Crippen molar-refractivity contribution in [2.24, 2.45) is 5.92 Å². The van der Waals surface area contributed by atoms with Crippen LogP contribution in [0, 0.1) is 5.92 Å². The van der Waals surface area contributed by atoms with Crippen molar-refractivity contribution in [2.75, 3.05) is 44.3 Å². The number of fused-ring (bicyclic) bond motifs is 1. The lowest BCUT2D eigenvalue weighted by Crippen LogP contribution is -2.48. The van der Waals surface area contributed by atoms with E-state index in [1.54, 1.807) is 4.52 Å². The van der Waals surface area contributed by atoms with Gasteiger partial charge in [0.1, 0.15) is 12.1 Å². The van der Waals surface area contributed by atoms with Gasteiger partial charge in [-0.25, -0.2) is 4.98 Å². The molecule has 0 saturated carbocycles. The van der Waals surface area contributed by atoms with E-state index in [9.17, 15) is 4.79 Å². The number of morpholine rings is 1. The summed E-state index contributed by atoms with van der Waals surface area (Å²) in [5.41, 5.74) is 1.90. The van der Waals surface area contributed by atoms with Crippen LogP contribution >= 0.6 is 0 Å². The highest BCUT2D eigenvalue weighted by molar-refractivity contribution is 5.80. The Labute approximate surface area is 169 Å². The maximum Gasteiger partial charge on any atom is 0.254 e. The van der Waals surface area contributed by atoms with Crippen LogP contribution in [0.4, 0.5) is 5.82 Å². The van der Waals surface area contributed by atoms with Gasteiger partial charge in [-0.15, -0.1) is 0 Å². The summed E-state index contributed by atoms with van der Waals surface area (Å²) in [4.78, 5) is 26.2. The maximum absolute atomic E-state index is 13.0. The van der Waals surface area contributed by atoms with Crippen LogP contribution in [0.3, 0.4) is 0 Å². The minimum atomic E-state index is -0.00578. The molecule has 1 unspecified atom stereocenters. The molecule has 4 heterocycles. The third-order valence-electron chi connectivity index (χ3n) is 5.72. The lowest BCUT2D eigenvalue weighted by Gasteiger charge is -2.37. The first-order valence-electron chi connectivity index (χ1n) is 10.2. The lowest BCUT2D eigenvalue weighted by molar-refractivity contribution is -0.139. The van der Waals surface area contributed by atoms with Crippen molar-refractivity contribution < 1.29 is 9.53 Å². The van der Waals surface area contributed by atoms with Gasteiger partial charge in [-0.3, -0.25) is 4.79 Å². The minimum absolute atomic E-state index is 0.00578. The summed E-state index contributed by atoms with van der Waals surface area (Å²) in [5, 5.41) is 4.38. The van der Waals surface area contributed by atoms with Gasteiger partial charge in [0, 0.05) is 37.8 Å². The van der Waals surface area contributed by atoms with Crippen molar-refractivity contribution >= 4 is 17.5 Å². The third-order valence-corrected chi connectivity index (χ3v) is 5.72. The molecule has 2 saturated heterocycles. The van der Waals surface area contributed by atoms with Gasteiger partial charge < -0.3 is 14.5 Å². The predicted molar refractivity (Wildman–Crippen MR) is 109 cm³/mol. The Morgan fingerprint density at radius 2 is 1.93 bits per heavy atom. The van der Waals surface area contributed by atoms with Crippen molar-refractivity contribution in [2.45, 2.75) is 12.8 Å². The molecule has 5 rings (SSSR count). The summed E-state index contributed by atoms with van der Waals surface area (Å²) in [6.45, 7) is 4.22. The standard InChI is InChI=1S/C21H24N6O2/c28-20(25-9-11-29-12-10-25)17-7-4-8-26(14-17)19-13-18(16-5-2-1-3-6-16)24-21-22-15-23-27(19)21/h1-3,5-6,13,15,17H,4,7-12,14H2. The normalized spacial score (nSPS) is 20.2. The molecule has 8 nitrogen and oxygen atoms in total. The molecule has 0 bridgehead atoms. The summed E-state index contributed by atoms with van der Waals surface area (Å²) in [5.74, 6) is 1.74. The number of nitrogens with zero attached hydrogens (tertiary/aromatic N) is 6. The number of piperidine rings is 1. The molecule has 1 aromatic carbocycles. The SMILES string of the molecule is O=C(C1CCCN(c2cc(-c3ccccc3)nc3ncnn23)C1)N1CCOCC1. The average molecular weight is 392 g/mol.